The summed E-state index contributed by atoms with van der Waals surface area (Å²) in [6.07, 6.45) is -0.461. The van der Waals surface area contributed by atoms with E-state index in [0.717, 1.165) is 5.56 Å². The maximum Gasteiger partial charge on any atom is 0.234 e. The molecule has 0 aliphatic rings. The fraction of sp³-hybridized carbons (Fsp3) is 0.500. The van der Waals surface area contributed by atoms with Gasteiger partial charge in [0.15, 0.2) is 0 Å². The molecule has 0 aromatic heterocycles. The van der Waals surface area contributed by atoms with Gasteiger partial charge < -0.3 is 10.4 Å². The van der Waals surface area contributed by atoms with Crippen LogP contribution in [0.1, 0.15) is 18.1 Å². The Morgan fingerprint density at radius 2 is 2.21 bits per heavy atom. The van der Waals surface area contributed by atoms with Gasteiger partial charge in [-0.2, -0.15) is 0 Å². The van der Waals surface area contributed by atoms with Crippen LogP contribution >= 0.6 is 0 Å². The van der Waals surface area contributed by atoms with Gasteiger partial charge in [-0.15, -0.1) is 0 Å². The minimum Gasteiger partial charge on any atom is -0.392 e. The van der Waals surface area contributed by atoms with Crippen LogP contribution in [0.5, 0.6) is 0 Å². The fourth-order valence-electron chi connectivity index (χ4n) is 1.83. The first-order valence-electron chi connectivity index (χ1n) is 6.27. The summed E-state index contributed by atoms with van der Waals surface area (Å²) in [5, 5.41) is 12.0. The maximum absolute atomic E-state index is 13.1. The minimum atomic E-state index is -0.461. The topological polar surface area (TPSA) is 52.6 Å². The number of hydrogen-bond donors (Lipinski definition) is 2. The number of aryl methyl sites for hydroxylation is 1. The lowest BCUT2D eigenvalue weighted by molar-refractivity contribution is -0.122. The van der Waals surface area contributed by atoms with Gasteiger partial charge in [-0.25, -0.2) is 4.39 Å². The lowest BCUT2D eigenvalue weighted by atomic mass is 10.1. The van der Waals surface area contributed by atoms with Crippen LogP contribution in [0.2, 0.25) is 0 Å². The van der Waals surface area contributed by atoms with E-state index < -0.39 is 6.10 Å². The molecule has 1 unspecified atom stereocenters. The summed E-state index contributed by atoms with van der Waals surface area (Å²) < 4.78 is 13.1. The van der Waals surface area contributed by atoms with Crippen molar-refractivity contribution in [2.24, 2.45) is 0 Å². The number of hydrogen-bond acceptors (Lipinski definition) is 3. The first-order valence-corrected chi connectivity index (χ1v) is 6.27. The molecule has 19 heavy (non-hydrogen) atoms. The molecule has 0 fully saturated rings. The molecule has 4 nitrogen and oxygen atoms in total. The lowest BCUT2D eigenvalue weighted by Gasteiger charge is -2.17. The van der Waals surface area contributed by atoms with Crippen LogP contribution in [0.25, 0.3) is 0 Å². The monoisotopic (exact) mass is 268 g/mol. The average Bonchev–Trinajstić information content (AvgIpc) is 2.29. The third-order valence-electron chi connectivity index (χ3n) is 2.70. The number of nitrogens with one attached hydrogen (secondary N) is 1. The summed E-state index contributed by atoms with van der Waals surface area (Å²) in [7, 11) is 1.77. The minimum absolute atomic E-state index is 0.120. The van der Waals surface area contributed by atoms with Crippen molar-refractivity contribution < 1.29 is 14.3 Å². The molecule has 2 N–H and O–H groups in total. The van der Waals surface area contributed by atoms with Gasteiger partial charge in [0.2, 0.25) is 5.91 Å². The van der Waals surface area contributed by atoms with Crippen LogP contribution in [0, 0.1) is 12.7 Å². The summed E-state index contributed by atoms with van der Waals surface area (Å²) in [4.78, 5) is 13.4. The van der Waals surface area contributed by atoms with Crippen LogP contribution in [0.3, 0.4) is 0 Å². The molecule has 1 amide bonds. The molecule has 0 aliphatic heterocycles. The second kappa shape index (κ2) is 7.21. The zero-order chi connectivity index (χ0) is 14.4. The SMILES string of the molecule is Cc1cc(CNC(=O)CN(C)CC(C)O)ccc1F. The Labute approximate surface area is 113 Å². The summed E-state index contributed by atoms with van der Waals surface area (Å²) in [6, 6.07) is 4.77. The summed E-state index contributed by atoms with van der Waals surface area (Å²) >= 11 is 0. The second-order valence-electron chi connectivity index (χ2n) is 4.91. The number of likely N-dealkylation sites (N-methyl/N-ethyl adjacent to an activating group) is 1. The van der Waals surface area contributed by atoms with E-state index in [1.54, 1.807) is 37.9 Å². The molecule has 0 saturated carbocycles. The number of aliphatic hydroxyl groups excluding tert-OH is 1. The molecule has 0 aliphatic carbocycles. The van der Waals surface area contributed by atoms with Crippen molar-refractivity contribution in [2.75, 3.05) is 20.1 Å². The highest BCUT2D eigenvalue weighted by Gasteiger charge is 2.08. The van der Waals surface area contributed by atoms with Crippen LogP contribution in [-0.4, -0.2) is 42.2 Å². The van der Waals surface area contributed by atoms with E-state index in [1.165, 1.54) is 6.07 Å². The fourth-order valence-corrected chi connectivity index (χ4v) is 1.83. The molecular formula is C14H21FN2O2. The highest BCUT2D eigenvalue weighted by atomic mass is 19.1. The van der Waals surface area contributed by atoms with E-state index in [2.05, 4.69) is 5.32 Å². The number of benzene rings is 1. The van der Waals surface area contributed by atoms with Gasteiger partial charge in [0.05, 0.1) is 12.6 Å². The zero-order valence-electron chi connectivity index (χ0n) is 11.6. The highest BCUT2D eigenvalue weighted by Crippen LogP contribution is 2.08. The van der Waals surface area contributed by atoms with E-state index in [9.17, 15) is 14.3 Å². The first-order chi connectivity index (χ1) is 8.88. The highest BCUT2D eigenvalue weighted by molar-refractivity contribution is 5.77. The Balaban J connectivity index is 2.39. The Hall–Kier alpha value is -1.46. The van der Waals surface area contributed by atoms with Gasteiger partial charge >= 0.3 is 0 Å². The number of aliphatic hydroxyl groups is 1. The number of carbonyl (C=O) groups is 1. The van der Waals surface area contributed by atoms with Gasteiger partial charge in [0.1, 0.15) is 5.82 Å². The number of carbonyl (C=O) groups excluding carboxylic acids is 1. The Kier molecular flexibility index (Phi) is 5.92. The van der Waals surface area contributed by atoms with E-state index >= 15 is 0 Å². The summed E-state index contributed by atoms with van der Waals surface area (Å²) in [5.74, 6) is -0.364. The molecule has 1 aromatic carbocycles. The van der Waals surface area contributed by atoms with Gasteiger partial charge in [0.25, 0.3) is 0 Å². The second-order valence-corrected chi connectivity index (χ2v) is 4.91. The molecule has 0 heterocycles. The predicted octanol–water partition coefficient (Wildman–Crippen LogP) is 1.06. The molecule has 0 bridgehead atoms. The van der Waals surface area contributed by atoms with Crippen molar-refractivity contribution in [2.45, 2.75) is 26.5 Å². The molecule has 0 radical (unpaired) electrons. The Morgan fingerprint density at radius 3 is 2.79 bits per heavy atom. The van der Waals surface area contributed by atoms with E-state index in [1.807, 2.05) is 0 Å². The quantitative estimate of drug-likeness (QED) is 0.811. The maximum atomic E-state index is 13.1. The number of rotatable bonds is 6. The van der Waals surface area contributed by atoms with E-state index in [4.69, 9.17) is 0 Å². The molecule has 1 aromatic rings. The van der Waals surface area contributed by atoms with E-state index in [0.29, 0.717) is 18.7 Å². The Morgan fingerprint density at radius 1 is 1.53 bits per heavy atom. The zero-order valence-corrected chi connectivity index (χ0v) is 11.6. The molecule has 1 atom stereocenters. The third-order valence-corrected chi connectivity index (χ3v) is 2.70. The Bertz CT molecular complexity index is 435. The third kappa shape index (κ3) is 5.81. The smallest absolute Gasteiger partial charge is 0.234 e. The molecule has 0 spiro atoms. The summed E-state index contributed by atoms with van der Waals surface area (Å²) in [5.41, 5.74) is 1.43. The normalized spacial score (nSPS) is 12.5. The molecule has 5 heteroatoms. The van der Waals surface area contributed by atoms with Crippen LogP contribution in [-0.2, 0) is 11.3 Å². The molecular weight excluding hydrogens is 247 g/mol. The van der Waals surface area contributed by atoms with Crippen molar-refractivity contribution >= 4 is 5.91 Å². The number of amides is 1. The molecule has 1 rings (SSSR count). The largest absolute Gasteiger partial charge is 0.392 e. The number of nitrogens with zero attached hydrogens (tertiary/aromatic N) is 1. The molecule has 0 saturated heterocycles. The van der Waals surface area contributed by atoms with E-state index in [-0.39, 0.29) is 18.3 Å². The van der Waals surface area contributed by atoms with Crippen molar-refractivity contribution in [3.63, 3.8) is 0 Å². The predicted molar refractivity (Wildman–Crippen MR) is 72.2 cm³/mol. The van der Waals surface area contributed by atoms with Crippen molar-refractivity contribution in [1.29, 1.82) is 0 Å². The van der Waals surface area contributed by atoms with Gasteiger partial charge in [-0.05, 0) is 38.1 Å². The van der Waals surface area contributed by atoms with Gasteiger partial charge in [0, 0.05) is 13.1 Å². The van der Waals surface area contributed by atoms with Crippen molar-refractivity contribution in [3.8, 4) is 0 Å². The van der Waals surface area contributed by atoms with Crippen molar-refractivity contribution in [1.82, 2.24) is 10.2 Å². The van der Waals surface area contributed by atoms with Crippen LogP contribution in [0.4, 0.5) is 4.39 Å². The van der Waals surface area contributed by atoms with Crippen LogP contribution in [0.15, 0.2) is 18.2 Å². The summed E-state index contributed by atoms with van der Waals surface area (Å²) in [6.45, 7) is 4.42. The lowest BCUT2D eigenvalue weighted by Crippen LogP contribution is -2.37. The standard InChI is InChI=1S/C14H21FN2O2/c1-10-6-12(4-5-13(10)15)7-16-14(19)9-17(3)8-11(2)18/h4-6,11,18H,7-9H2,1-3H3,(H,16,19). The number of halogens is 1. The van der Waals surface area contributed by atoms with Gasteiger partial charge in [-0.3, -0.25) is 9.69 Å². The van der Waals surface area contributed by atoms with Crippen molar-refractivity contribution in [3.05, 3.63) is 35.1 Å². The first kappa shape index (κ1) is 15.6. The average molecular weight is 268 g/mol. The molecule has 106 valence electrons. The van der Waals surface area contributed by atoms with Gasteiger partial charge in [-0.1, -0.05) is 12.1 Å². The van der Waals surface area contributed by atoms with Crippen LogP contribution < -0.4 is 5.32 Å².